The van der Waals surface area contributed by atoms with Gasteiger partial charge in [-0.2, -0.15) is 13.2 Å². The van der Waals surface area contributed by atoms with Crippen molar-refractivity contribution in [2.24, 2.45) is 0 Å². The molecular weight excluding hydrogens is 451 g/mol. The summed E-state index contributed by atoms with van der Waals surface area (Å²) in [5, 5.41) is 5.20. The molecule has 10 heteroatoms. The Hall–Kier alpha value is -3.04. The molecule has 0 radical (unpaired) electrons. The van der Waals surface area contributed by atoms with Gasteiger partial charge in [-0.3, -0.25) is 0 Å². The maximum atomic E-state index is 13.2. The molecule has 160 valence electrons. The molecule has 31 heavy (non-hydrogen) atoms. The Morgan fingerprint density at radius 1 is 1.00 bits per heavy atom. The highest BCUT2D eigenvalue weighted by Crippen LogP contribution is 2.41. The smallest absolute Gasteiger partial charge is 0.417 e. The fraction of sp³-hybridized carbons (Fsp3) is 0.143. The third-order valence-electron chi connectivity index (χ3n) is 4.60. The summed E-state index contributed by atoms with van der Waals surface area (Å²) in [6.07, 6.45) is -3.21. The van der Waals surface area contributed by atoms with Crippen LogP contribution in [-0.2, 0) is 6.18 Å². The molecule has 0 amide bonds. The first kappa shape index (κ1) is 21.2. The van der Waals surface area contributed by atoms with E-state index in [2.05, 4.69) is 15.3 Å². The van der Waals surface area contributed by atoms with Crippen LogP contribution in [0, 0.1) is 0 Å². The Labute approximate surface area is 184 Å². The fourth-order valence-electron chi connectivity index (χ4n) is 3.14. The van der Waals surface area contributed by atoms with Crippen LogP contribution in [-0.4, -0.2) is 24.2 Å². The molecule has 0 atom stereocenters. The number of fused-ring (bicyclic) bond motifs is 1. The van der Waals surface area contributed by atoms with Crippen molar-refractivity contribution in [3.05, 3.63) is 58.7 Å². The third kappa shape index (κ3) is 4.11. The second-order valence-electron chi connectivity index (χ2n) is 6.44. The molecule has 0 spiro atoms. The van der Waals surface area contributed by atoms with Gasteiger partial charge in [-0.15, -0.1) is 11.3 Å². The maximum absolute atomic E-state index is 13.2. The lowest BCUT2D eigenvalue weighted by molar-refractivity contribution is -0.137. The number of ether oxygens (including phenoxy) is 2. The van der Waals surface area contributed by atoms with Crippen molar-refractivity contribution in [2.45, 2.75) is 6.18 Å². The van der Waals surface area contributed by atoms with Crippen LogP contribution >= 0.6 is 22.9 Å². The Balaban J connectivity index is 1.80. The summed E-state index contributed by atoms with van der Waals surface area (Å²) < 4.78 is 50.4. The molecule has 2 heterocycles. The van der Waals surface area contributed by atoms with E-state index < -0.39 is 11.7 Å². The van der Waals surface area contributed by atoms with Gasteiger partial charge < -0.3 is 14.8 Å². The van der Waals surface area contributed by atoms with Crippen molar-refractivity contribution in [3.8, 4) is 22.6 Å². The van der Waals surface area contributed by atoms with E-state index in [0.717, 1.165) is 17.2 Å². The second kappa shape index (κ2) is 8.24. The number of benzene rings is 2. The SMILES string of the molecule is COc1ccc(-c2csc3ncnc(Nc4ccc(Cl)c(C(F)(F)F)c4)c23)cc1OC. The van der Waals surface area contributed by atoms with Gasteiger partial charge in [-0.25, -0.2) is 9.97 Å². The van der Waals surface area contributed by atoms with Crippen LogP contribution < -0.4 is 14.8 Å². The summed E-state index contributed by atoms with van der Waals surface area (Å²) in [7, 11) is 3.09. The number of hydrogen-bond donors (Lipinski definition) is 1. The molecule has 2 aromatic carbocycles. The largest absolute Gasteiger partial charge is 0.493 e. The summed E-state index contributed by atoms with van der Waals surface area (Å²) in [4.78, 5) is 9.24. The molecule has 4 aromatic rings. The average molecular weight is 466 g/mol. The van der Waals surface area contributed by atoms with Gasteiger partial charge >= 0.3 is 6.18 Å². The molecule has 5 nitrogen and oxygen atoms in total. The minimum Gasteiger partial charge on any atom is -0.493 e. The zero-order valence-electron chi connectivity index (χ0n) is 16.2. The molecule has 0 saturated carbocycles. The van der Waals surface area contributed by atoms with Crippen LogP contribution in [0.1, 0.15) is 5.56 Å². The number of aromatic nitrogens is 2. The Bertz CT molecular complexity index is 1260. The number of rotatable bonds is 5. The molecule has 0 aliphatic heterocycles. The monoisotopic (exact) mass is 465 g/mol. The van der Waals surface area contributed by atoms with Crippen LogP contribution in [0.4, 0.5) is 24.7 Å². The minimum absolute atomic E-state index is 0.209. The van der Waals surface area contributed by atoms with Gasteiger partial charge in [0.15, 0.2) is 11.5 Å². The second-order valence-corrected chi connectivity index (χ2v) is 7.70. The van der Waals surface area contributed by atoms with Crippen LogP contribution in [0.3, 0.4) is 0 Å². The van der Waals surface area contributed by atoms with Crippen molar-refractivity contribution >= 4 is 44.7 Å². The van der Waals surface area contributed by atoms with E-state index in [1.165, 1.54) is 29.8 Å². The molecule has 0 saturated heterocycles. The number of halogens is 4. The first-order valence-corrected chi connectivity index (χ1v) is 10.2. The lowest BCUT2D eigenvalue weighted by atomic mass is 10.1. The number of alkyl halides is 3. The molecule has 2 aromatic heterocycles. The molecule has 1 N–H and O–H groups in total. The molecule has 0 unspecified atom stereocenters. The van der Waals surface area contributed by atoms with E-state index in [1.807, 2.05) is 17.5 Å². The Morgan fingerprint density at radius 3 is 2.48 bits per heavy atom. The number of thiophene rings is 1. The Kier molecular flexibility index (Phi) is 5.63. The van der Waals surface area contributed by atoms with Crippen molar-refractivity contribution < 1.29 is 22.6 Å². The normalized spacial score (nSPS) is 11.5. The molecule has 4 rings (SSSR count). The highest BCUT2D eigenvalue weighted by atomic mass is 35.5. The average Bonchev–Trinajstić information content (AvgIpc) is 3.19. The summed E-state index contributed by atoms with van der Waals surface area (Å²) in [6.45, 7) is 0. The van der Waals surface area contributed by atoms with Gasteiger partial charge in [-0.1, -0.05) is 17.7 Å². The quantitative estimate of drug-likeness (QED) is 0.351. The zero-order valence-corrected chi connectivity index (χ0v) is 17.8. The maximum Gasteiger partial charge on any atom is 0.417 e. The van der Waals surface area contributed by atoms with E-state index in [4.69, 9.17) is 21.1 Å². The van der Waals surface area contributed by atoms with E-state index >= 15 is 0 Å². The predicted molar refractivity (Wildman–Crippen MR) is 116 cm³/mol. The van der Waals surface area contributed by atoms with Gasteiger partial charge in [0.1, 0.15) is 17.0 Å². The summed E-state index contributed by atoms with van der Waals surface area (Å²) in [5.41, 5.74) is 0.930. The van der Waals surface area contributed by atoms with E-state index in [9.17, 15) is 13.2 Å². The lowest BCUT2D eigenvalue weighted by Crippen LogP contribution is -2.06. The van der Waals surface area contributed by atoms with Crippen molar-refractivity contribution in [3.63, 3.8) is 0 Å². The molecule has 0 bridgehead atoms. The minimum atomic E-state index is -4.57. The molecular formula is C21H15ClF3N3O2S. The number of nitrogens with one attached hydrogen (secondary N) is 1. The lowest BCUT2D eigenvalue weighted by Gasteiger charge is -2.13. The van der Waals surface area contributed by atoms with Gasteiger partial charge in [-0.05, 0) is 35.9 Å². The molecule has 0 fully saturated rings. The van der Waals surface area contributed by atoms with Crippen LogP contribution in [0.15, 0.2) is 48.1 Å². The topological polar surface area (TPSA) is 56.3 Å². The van der Waals surface area contributed by atoms with Gasteiger partial charge in [0.2, 0.25) is 0 Å². The van der Waals surface area contributed by atoms with Crippen LogP contribution in [0.2, 0.25) is 5.02 Å². The third-order valence-corrected chi connectivity index (χ3v) is 5.82. The van der Waals surface area contributed by atoms with Crippen LogP contribution in [0.25, 0.3) is 21.3 Å². The number of anilines is 2. The van der Waals surface area contributed by atoms with Crippen molar-refractivity contribution in [1.82, 2.24) is 9.97 Å². The van der Waals surface area contributed by atoms with Gasteiger partial charge in [0.25, 0.3) is 0 Å². The van der Waals surface area contributed by atoms with Crippen molar-refractivity contribution in [2.75, 3.05) is 19.5 Å². The first-order valence-electron chi connectivity index (χ1n) is 8.90. The standard InChI is InChI=1S/C21H15ClF3N3O2S/c1-29-16-6-3-11(7-17(16)30-2)13-9-31-20-18(13)19(26-10-27-20)28-12-4-5-15(22)14(8-12)21(23,24)25/h3-10H,1-2H3,(H,26,27,28). The van der Waals surface area contributed by atoms with Gasteiger partial charge in [0, 0.05) is 16.6 Å². The first-order chi connectivity index (χ1) is 14.8. The molecule has 0 aliphatic rings. The van der Waals surface area contributed by atoms with E-state index in [0.29, 0.717) is 27.5 Å². The van der Waals surface area contributed by atoms with E-state index in [-0.39, 0.29) is 10.7 Å². The highest BCUT2D eigenvalue weighted by molar-refractivity contribution is 7.17. The van der Waals surface area contributed by atoms with Gasteiger partial charge in [0.05, 0.1) is 30.2 Å². The van der Waals surface area contributed by atoms with Crippen LogP contribution in [0.5, 0.6) is 11.5 Å². The Morgan fingerprint density at radius 2 is 1.77 bits per heavy atom. The zero-order chi connectivity index (χ0) is 22.2. The predicted octanol–water partition coefficient (Wildman–Crippen LogP) is 6.79. The summed E-state index contributed by atoms with van der Waals surface area (Å²) >= 11 is 7.13. The summed E-state index contributed by atoms with van der Waals surface area (Å²) in [5.74, 6) is 1.52. The number of methoxy groups -OCH3 is 2. The fourth-order valence-corrected chi connectivity index (χ4v) is 4.28. The van der Waals surface area contributed by atoms with Crippen molar-refractivity contribution in [1.29, 1.82) is 0 Å². The summed E-state index contributed by atoms with van der Waals surface area (Å²) in [6, 6.07) is 9.09. The number of hydrogen-bond acceptors (Lipinski definition) is 6. The van der Waals surface area contributed by atoms with E-state index in [1.54, 1.807) is 20.3 Å². The number of nitrogens with zero attached hydrogens (tertiary/aromatic N) is 2. The molecule has 0 aliphatic carbocycles. The highest BCUT2D eigenvalue weighted by Gasteiger charge is 2.33.